The van der Waals surface area contributed by atoms with Crippen molar-refractivity contribution in [2.24, 2.45) is 5.92 Å². The number of benzene rings is 1. The summed E-state index contributed by atoms with van der Waals surface area (Å²) in [6.07, 6.45) is 9.60. The fourth-order valence-corrected chi connectivity index (χ4v) is 2.30. The van der Waals surface area contributed by atoms with Crippen molar-refractivity contribution in [2.45, 2.75) is 60.3 Å². The highest BCUT2D eigenvalue weighted by molar-refractivity contribution is 5.50. The Morgan fingerprint density at radius 1 is 1.14 bits per heavy atom. The van der Waals surface area contributed by atoms with Crippen LogP contribution in [-0.4, -0.2) is 6.54 Å². The second-order valence-corrected chi connectivity index (χ2v) is 6.56. The molecule has 0 radical (unpaired) electrons. The first-order valence-corrected chi connectivity index (χ1v) is 8.63. The lowest BCUT2D eigenvalue weighted by atomic mass is 10.0. The zero-order valence-electron chi connectivity index (χ0n) is 15.1. The average molecular weight is 300 g/mol. The van der Waals surface area contributed by atoms with Crippen LogP contribution in [0.4, 0.5) is 5.69 Å². The van der Waals surface area contributed by atoms with E-state index in [1.165, 1.54) is 41.7 Å². The van der Waals surface area contributed by atoms with Gasteiger partial charge in [-0.3, -0.25) is 0 Å². The van der Waals surface area contributed by atoms with Gasteiger partial charge in [-0.1, -0.05) is 61.8 Å². The molecule has 0 amide bonds. The molecule has 1 heteroatoms. The van der Waals surface area contributed by atoms with Crippen LogP contribution in [0.5, 0.6) is 0 Å². The minimum absolute atomic E-state index is 0.811. The third-order valence-corrected chi connectivity index (χ3v) is 4.30. The molecule has 0 aromatic heterocycles. The van der Waals surface area contributed by atoms with Gasteiger partial charge >= 0.3 is 0 Å². The van der Waals surface area contributed by atoms with Gasteiger partial charge in [0, 0.05) is 12.2 Å². The summed E-state index contributed by atoms with van der Waals surface area (Å²) >= 11 is 0. The molecule has 0 heterocycles. The zero-order chi connectivity index (χ0) is 16.4. The minimum Gasteiger partial charge on any atom is -0.381 e. The third kappa shape index (κ3) is 7.49. The van der Waals surface area contributed by atoms with Crippen LogP contribution in [-0.2, 0) is 0 Å². The van der Waals surface area contributed by atoms with Crippen molar-refractivity contribution in [1.29, 1.82) is 0 Å². The van der Waals surface area contributed by atoms with Gasteiger partial charge in [-0.15, -0.1) is 0 Å². The fraction of sp³-hybridized carbons (Fsp3) is 0.524. The summed E-state index contributed by atoms with van der Waals surface area (Å²) in [5.74, 6) is 0.811. The Balaban J connectivity index is 2.32. The van der Waals surface area contributed by atoms with Gasteiger partial charge in [0.25, 0.3) is 0 Å². The second-order valence-electron chi connectivity index (χ2n) is 6.56. The van der Waals surface area contributed by atoms with Crippen LogP contribution in [0.1, 0.15) is 58.9 Å². The molecule has 0 aliphatic carbocycles. The minimum atomic E-state index is 0.811. The van der Waals surface area contributed by atoms with E-state index in [9.17, 15) is 0 Å². The van der Waals surface area contributed by atoms with Crippen LogP contribution < -0.4 is 5.32 Å². The smallest absolute Gasteiger partial charge is 0.0372 e. The predicted molar refractivity (Wildman–Crippen MR) is 100 cm³/mol. The molecule has 22 heavy (non-hydrogen) atoms. The van der Waals surface area contributed by atoms with E-state index in [4.69, 9.17) is 0 Å². The van der Waals surface area contributed by atoms with Gasteiger partial charge in [0.05, 0.1) is 0 Å². The number of hydrogen-bond acceptors (Lipinski definition) is 1. The quantitative estimate of drug-likeness (QED) is 0.512. The summed E-state index contributed by atoms with van der Waals surface area (Å²) in [6, 6.07) is 8.45. The molecule has 0 fully saturated rings. The molecule has 0 bridgehead atoms. The Morgan fingerprint density at radius 3 is 2.55 bits per heavy atom. The Hall–Kier alpha value is -1.50. The number of rotatable bonds is 9. The number of hydrogen-bond donors (Lipinski definition) is 1. The Labute approximate surface area is 137 Å². The SMILES string of the molecule is CCC(C)CC=C(C)CCC=C(C)CNc1ccccc1C. The van der Waals surface area contributed by atoms with Gasteiger partial charge in [0.15, 0.2) is 0 Å². The monoisotopic (exact) mass is 299 g/mol. The standard InChI is InChI=1S/C21H33N/c1-6-17(2)14-15-18(3)10-9-11-19(4)16-22-21-13-8-7-12-20(21)5/h7-8,11-13,15,17,22H,6,9-10,14,16H2,1-5H3. The van der Waals surface area contributed by atoms with Crippen molar-refractivity contribution < 1.29 is 0 Å². The topological polar surface area (TPSA) is 12.0 Å². The van der Waals surface area contributed by atoms with E-state index in [0.29, 0.717) is 0 Å². The van der Waals surface area contributed by atoms with E-state index < -0.39 is 0 Å². The molecular weight excluding hydrogens is 266 g/mol. The first-order valence-electron chi connectivity index (χ1n) is 8.63. The molecule has 1 aromatic carbocycles. The van der Waals surface area contributed by atoms with Crippen LogP contribution in [0.15, 0.2) is 47.6 Å². The summed E-state index contributed by atoms with van der Waals surface area (Å²) in [6.45, 7) is 12.1. The van der Waals surface area contributed by atoms with E-state index in [2.05, 4.69) is 76.4 Å². The highest BCUT2D eigenvalue weighted by Crippen LogP contribution is 2.15. The fourth-order valence-electron chi connectivity index (χ4n) is 2.30. The van der Waals surface area contributed by atoms with Crippen molar-refractivity contribution in [3.63, 3.8) is 0 Å². The van der Waals surface area contributed by atoms with Crippen LogP contribution in [0, 0.1) is 12.8 Å². The van der Waals surface area contributed by atoms with Crippen LogP contribution in [0.25, 0.3) is 0 Å². The number of nitrogens with one attached hydrogen (secondary N) is 1. The summed E-state index contributed by atoms with van der Waals surface area (Å²) in [7, 11) is 0. The molecule has 1 unspecified atom stereocenters. The maximum absolute atomic E-state index is 3.52. The summed E-state index contributed by atoms with van der Waals surface area (Å²) in [5.41, 5.74) is 5.48. The molecule has 0 aliphatic rings. The van der Waals surface area contributed by atoms with Crippen LogP contribution in [0.2, 0.25) is 0 Å². The van der Waals surface area contributed by atoms with E-state index in [1.807, 2.05) is 0 Å². The molecule has 1 atom stereocenters. The second kappa shape index (κ2) is 10.3. The molecule has 0 aliphatic heterocycles. The van der Waals surface area contributed by atoms with Crippen molar-refractivity contribution in [1.82, 2.24) is 0 Å². The van der Waals surface area contributed by atoms with E-state index >= 15 is 0 Å². The van der Waals surface area contributed by atoms with Gasteiger partial charge in [-0.25, -0.2) is 0 Å². The highest BCUT2D eigenvalue weighted by atomic mass is 14.9. The van der Waals surface area contributed by atoms with Crippen molar-refractivity contribution >= 4 is 5.69 Å². The summed E-state index contributed by atoms with van der Waals surface area (Å²) in [5, 5.41) is 3.52. The first kappa shape index (κ1) is 18.5. The Bertz CT molecular complexity index is 496. The molecule has 1 nitrogen and oxygen atoms in total. The van der Waals surface area contributed by atoms with Crippen molar-refractivity contribution in [3.8, 4) is 0 Å². The molecule has 0 spiro atoms. The van der Waals surface area contributed by atoms with Crippen molar-refractivity contribution in [3.05, 3.63) is 53.1 Å². The van der Waals surface area contributed by atoms with Gasteiger partial charge in [0.1, 0.15) is 0 Å². The Kier molecular flexibility index (Phi) is 8.65. The van der Waals surface area contributed by atoms with Gasteiger partial charge < -0.3 is 5.32 Å². The lowest BCUT2D eigenvalue weighted by molar-refractivity contribution is 0.569. The lowest BCUT2D eigenvalue weighted by Gasteiger charge is -2.09. The molecule has 0 saturated heterocycles. The maximum atomic E-state index is 3.52. The van der Waals surface area contributed by atoms with Gasteiger partial charge in [-0.2, -0.15) is 0 Å². The van der Waals surface area contributed by atoms with Crippen LogP contribution in [0.3, 0.4) is 0 Å². The van der Waals surface area contributed by atoms with E-state index in [-0.39, 0.29) is 0 Å². The normalized spacial score (nSPS) is 14.0. The lowest BCUT2D eigenvalue weighted by Crippen LogP contribution is -2.03. The highest BCUT2D eigenvalue weighted by Gasteiger charge is 1.98. The van der Waals surface area contributed by atoms with Crippen LogP contribution >= 0.6 is 0 Å². The molecular formula is C21H33N. The largest absolute Gasteiger partial charge is 0.381 e. The number of aryl methyl sites for hydroxylation is 1. The summed E-state index contributed by atoms with van der Waals surface area (Å²) < 4.78 is 0. The molecule has 0 saturated carbocycles. The van der Waals surface area contributed by atoms with Crippen molar-refractivity contribution in [2.75, 3.05) is 11.9 Å². The first-order chi connectivity index (χ1) is 10.5. The van der Waals surface area contributed by atoms with E-state index in [1.54, 1.807) is 0 Å². The number of anilines is 1. The predicted octanol–water partition coefficient (Wildman–Crippen LogP) is 6.52. The Morgan fingerprint density at radius 2 is 1.86 bits per heavy atom. The molecule has 1 aromatic rings. The van der Waals surface area contributed by atoms with Gasteiger partial charge in [0.2, 0.25) is 0 Å². The van der Waals surface area contributed by atoms with Gasteiger partial charge in [-0.05, 0) is 57.6 Å². The molecule has 1 N–H and O–H groups in total. The maximum Gasteiger partial charge on any atom is 0.0372 e. The number of allylic oxidation sites excluding steroid dienone is 3. The summed E-state index contributed by atoms with van der Waals surface area (Å²) in [4.78, 5) is 0. The average Bonchev–Trinajstić information content (AvgIpc) is 2.51. The van der Waals surface area contributed by atoms with E-state index in [0.717, 1.165) is 18.9 Å². The zero-order valence-corrected chi connectivity index (χ0v) is 15.1. The molecule has 1 rings (SSSR count). The number of para-hydroxylation sites is 1. The molecule has 122 valence electrons. The third-order valence-electron chi connectivity index (χ3n) is 4.30.